The molecule has 1 aromatic heterocycles. The lowest BCUT2D eigenvalue weighted by Crippen LogP contribution is -2.50. The molecule has 0 radical (unpaired) electrons. The summed E-state index contributed by atoms with van der Waals surface area (Å²) in [5, 5.41) is 16.4. The molecule has 0 fully saturated rings. The molecule has 0 aliphatic carbocycles. The van der Waals surface area contributed by atoms with Crippen LogP contribution in [0.2, 0.25) is 0 Å². The number of nitrogens with zero attached hydrogens (tertiary/aromatic N) is 2. The zero-order chi connectivity index (χ0) is 13.1. The number of carboxylic acids is 1. The molecule has 1 rings (SSSR count). The van der Waals surface area contributed by atoms with E-state index in [2.05, 4.69) is 26.3 Å². The van der Waals surface area contributed by atoms with Crippen molar-refractivity contribution in [3.05, 3.63) is 16.9 Å². The van der Waals surface area contributed by atoms with E-state index in [-0.39, 0.29) is 6.04 Å². The van der Waals surface area contributed by atoms with Gasteiger partial charge in [0.1, 0.15) is 5.54 Å². The van der Waals surface area contributed by atoms with Crippen molar-refractivity contribution < 1.29 is 9.90 Å². The first-order valence-electron chi connectivity index (χ1n) is 5.57. The molecule has 6 heteroatoms. The minimum Gasteiger partial charge on any atom is -0.480 e. The molecular weight excluding hydrogens is 286 g/mol. The quantitative estimate of drug-likeness (QED) is 0.844. The van der Waals surface area contributed by atoms with Gasteiger partial charge in [0.15, 0.2) is 0 Å². The molecule has 2 atom stereocenters. The van der Waals surface area contributed by atoms with Crippen molar-refractivity contribution in [2.75, 3.05) is 6.54 Å². The molecular formula is C11H18BrN3O2. The third kappa shape index (κ3) is 3.54. The molecule has 2 unspecified atom stereocenters. The second kappa shape index (κ2) is 5.64. The summed E-state index contributed by atoms with van der Waals surface area (Å²) in [4.78, 5) is 11.3. The zero-order valence-electron chi connectivity index (χ0n) is 10.3. The summed E-state index contributed by atoms with van der Waals surface area (Å²) in [6.07, 6.45) is 4.02. The Morgan fingerprint density at radius 2 is 2.41 bits per heavy atom. The first-order valence-corrected chi connectivity index (χ1v) is 6.36. The Bertz CT molecular complexity index is 394. The summed E-state index contributed by atoms with van der Waals surface area (Å²) in [6.45, 7) is 6.18. The number of hydrogen-bond acceptors (Lipinski definition) is 3. The molecule has 1 heterocycles. The fraction of sp³-hybridized carbons (Fsp3) is 0.636. The zero-order valence-corrected chi connectivity index (χ0v) is 11.9. The van der Waals surface area contributed by atoms with Gasteiger partial charge in [-0.05, 0) is 42.7 Å². The highest BCUT2D eigenvalue weighted by Crippen LogP contribution is 2.22. The van der Waals surface area contributed by atoms with Gasteiger partial charge in [0, 0.05) is 6.20 Å². The lowest BCUT2D eigenvalue weighted by atomic mass is 9.93. The largest absolute Gasteiger partial charge is 0.480 e. The van der Waals surface area contributed by atoms with Gasteiger partial charge in [0.2, 0.25) is 0 Å². The molecule has 1 aromatic rings. The number of hydrogen-bond donors (Lipinski definition) is 2. The Morgan fingerprint density at radius 3 is 2.82 bits per heavy atom. The van der Waals surface area contributed by atoms with Crippen LogP contribution in [-0.4, -0.2) is 32.9 Å². The van der Waals surface area contributed by atoms with E-state index in [4.69, 9.17) is 0 Å². The molecule has 0 aromatic carbocycles. The van der Waals surface area contributed by atoms with Crippen molar-refractivity contribution in [3.8, 4) is 0 Å². The van der Waals surface area contributed by atoms with Gasteiger partial charge in [0.25, 0.3) is 0 Å². The average Bonchev–Trinajstić information content (AvgIpc) is 2.65. The monoisotopic (exact) mass is 303 g/mol. The van der Waals surface area contributed by atoms with Crippen LogP contribution in [0.1, 0.15) is 33.2 Å². The number of nitrogens with one attached hydrogen (secondary N) is 1. The van der Waals surface area contributed by atoms with Crippen molar-refractivity contribution in [2.45, 2.75) is 38.8 Å². The summed E-state index contributed by atoms with van der Waals surface area (Å²) in [5.74, 6) is -0.836. The van der Waals surface area contributed by atoms with Crippen molar-refractivity contribution >= 4 is 21.9 Å². The Hall–Kier alpha value is -0.880. The molecule has 0 aliphatic rings. The summed E-state index contributed by atoms with van der Waals surface area (Å²) >= 11 is 3.32. The molecule has 2 N–H and O–H groups in total. The maximum absolute atomic E-state index is 11.3. The standard InChI is InChI=1S/C11H18BrN3O2/c1-4-13-11(3,10(16)17)5-8(2)15-7-9(12)6-14-15/h6-8,13H,4-5H2,1-3H3,(H,16,17). The number of carboxylic acid groups (broad SMARTS) is 1. The van der Waals surface area contributed by atoms with Crippen LogP contribution in [0.5, 0.6) is 0 Å². The smallest absolute Gasteiger partial charge is 0.323 e. The van der Waals surface area contributed by atoms with Crippen LogP contribution in [0.25, 0.3) is 0 Å². The van der Waals surface area contributed by atoms with Crippen LogP contribution >= 0.6 is 15.9 Å². The molecule has 96 valence electrons. The predicted octanol–water partition coefficient (Wildman–Crippen LogP) is 2.05. The number of aromatic nitrogens is 2. The number of likely N-dealkylation sites (N-methyl/N-ethyl adjacent to an activating group) is 1. The maximum atomic E-state index is 11.3. The van der Waals surface area contributed by atoms with Gasteiger partial charge in [0.05, 0.1) is 16.7 Å². The van der Waals surface area contributed by atoms with Gasteiger partial charge in [-0.3, -0.25) is 9.48 Å². The Morgan fingerprint density at radius 1 is 1.76 bits per heavy atom. The van der Waals surface area contributed by atoms with E-state index in [9.17, 15) is 9.90 Å². The van der Waals surface area contributed by atoms with Gasteiger partial charge >= 0.3 is 5.97 Å². The summed E-state index contributed by atoms with van der Waals surface area (Å²) in [6, 6.07) is 0.0152. The van der Waals surface area contributed by atoms with E-state index in [1.807, 2.05) is 20.0 Å². The normalized spacial score (nSPS) is 16.5. The van der Waals surface area contributed by atoms with Gasteiger partial charge in [-0.1, -0.05) is 6.92 Å². The summed E-state index contributed by atoms with van der Waals surface area (Å²) < 4.78 is 2.66. The second-order valence-electron chi connectivity index (χ2n) is 4.36. The fourth-order valence-electron chi connectivity index (χ4n) is 1.87. The minimum atomic E-state index is -0.924. The second-order valence-corrected chi connectivity index (χ2v) is 5.27. The van der Waals surface area contributed by atoms with E-state index >= 15 is 0 Å². The van der Waals surface area contributed by atoms with Gasteiger partial charge < -0.3 is 10.4 Å². The third-order valence-electron chi connectivity index (χ3n) is 2.76. The van der Waals surface area contributed by atoms with Gasteiger partial charge in [-0.2, -0.15) is 5.10 Å². The van der Waals surface area contributed by atoms with E-state index in [0.29, 0.717) is 13.0 Å². The van der Waals surface area contributed by atoms with Crippen LogP contribution in [0, 0.1) is 0 Å². The molecule has 17 heavy (non-hydrogen) atoms. The summed E-state index contributed by atoms with van der Waals surface area (Å²) in [5.41, 5.74) is -0.924. The molecule has 0 bridgehead atoms. The number of rotatable bonds is 6. The van der Waals surface area contributed by atoms with E-state index in [1.54, 1.807) is 17.8 Å². The number of aliphatic carboxylic acids is 1. The number of halogens is 1. The lowest BCUT2D eigenvalue weighted by Gasteiger charge is -2.28. The summed E-state index contributed by atoms with van der Waals surface area (Å²) in [7, 11) is 0. The fourth-order valence-corrected chi connectivity index (χ4v) is 2.17. The van der Waals surface area contributed by atoms with E-state index in [0.717, 1.165) is 4.47 Å². The van der Waals surface area contributed by atoms with E-state index in [1.165, 1.54) is 0 Å². The molecule has 5 nitrogen and oxygen atoms in total. The van der Waals surface area contributed by atoms with Crippen LogP contribution < -0.4 is 5.32 Å². The number of carbonyl (C=O) groups is 1. The molecule has 0 saturated carbocycles. The topological polar surface area (TPSA) is 67.2 Å². The minimum absolute atomic E-state index is 0.0152. The van der Waals surface area contributed by atoms with Crippen LogP contribution in [-0.2, 0) is 4.79 Å². The Labute approximate surface area is 109 Å². The van der Waals surface area contributed by atoms with Crippen molar-refractivity contribution in [1.29, 1.82) is 0 Å². The highest BCUT2D eigenvalue weighted by atomic mass is 79.9. The van der Waals surface area contributed by atoms with Crippen molar-refractivity contribution in [1.82, 2.24) is 15.1 Å². The molecule has 0 saturated heterocycles. The van der Waals surface area contributed by atoms with Crippen molar-refractivity contribution in [3.63, 3.8) is 0 Å². The molecule has 0 amide bonds. The van der Waals surface area contributed by atoms with Gasteiger partial charge in [-0.15, -0.1) is 0 Å². The van der Waals surface area contributed by atoms with Gasteiger partial charge in [-0.25, -0.2) is 0 Å². The lowest BCUT2D eigenvalue weighted by molar-refractivity contribution is -0.144. The maximum Gasteiger partial charge on any atom is 0.323 e. The van der Waals surface area contributed by atoms with Crippen molar-refractivity contribution in [2.24, 2.45) is 0 Å². The first-order chi connectivity index (χ1) is 7.89. The van der Waals surface area contributed by atoms with Crippen LogP contribution in [0.15, 0.2) is 16.9 Å². The average molecular weight is 304 g/mol. The third-order valence-corrected chi connectivity index (χ3v) is 3.17. The Balaban J connectivity index is 2.77. The molecule has 0 aliphatic heterocycles. The van der Waals surface area contributed by atoms with E-state index < -0.39 is 11.5 Å². The highest BCUT2D eigenvalue weighted by molar-refractivity contribution is 9.10. The van der Waals surface area contributed by atoms with Crippen LogP contribution in [0.3, 0.4) is 0 Å². The SMILES string of the molecule is CCNC(C)(CC(C)n1cc(Br)cn1)C(=O)O. The Kier molecular flexibility index (Phi) is 4.70. The first kappa shape index (κ1) is 14.2. The molecule has 0 spiro atoms. The highest BCUT2D eigenvalue weighted by Gasteiger charge is 2.34. The predicted molar refractivity (Wildman–Crippen MR) is 69.0 cm³/mol. The van der Waals surface area contributed by atoms with Crippen LogP contribution in [0.4, 0.5) is 0 Å².